The zero-order valence-corrected chi connectivity index (χ0v) is 12.2. The molecule has 0 N–H and O–H groups in total. The van der Waals surface area contributed by atoms with Crippen LogP contribution in [0.25, 0.3) is 0 Å². The molecule has 0 unspecified atom stereocenters. The molecule has 2 rings (SSSR count). The van der Waals surface area contributed by atoms with Gasteiger partial charge in [-0.25, -0.2) is 0 Å². The van der Waals surface area contributed by atoms with Gasteiger partial charge in [-0.2, -0.15) is 5.26 Å². The van der Waals surface area contributed by atoms with Gasteiger partial charge < -0.3 is 9.80 Å². The lowest BCUT2D eigenvalue weighted by molar-refractivity contribution is 0.0822. The number of carbonyl (C=O) groups is 1. The Morgan fingerprint density at radius 1 is 1.14 bits per heavy atom. The number of benzene rings is 1. The molecule has 2 aromatic rings. The molecule has 106 valence electrons. The van der Waals surface area contributed by atoms with Crippen LogP contribution in [0.15, 0.2) is 42.6 Å². The summed E-state index contributed by atoms with van der Waals surface area (Å²) in [6.07, 6.45) is 1.61. The lowest BCUT2D eigenvalue weighted by Crippen LogP contribution is -2.23. The second kappa shape index (κ2) is 6.06. The Bertz CT molecular complexity index is 703. The highest BCUT2D eigenvalue weighted by Crippen LogP contribution is 2.24. The number of pyridine rings is 1. The third-order valence-electron chi connectivity index (χ3n) is 3.12. The van der Waals surface area contributed by atoms with Gasteiger partial charge in [0, 0.05) is 38.7 Å². The molecular formula is C16H16N4O. The molecule has 0 fully saturated rings. The second-order valence-electron chi connectivity index (χ2n) is 4.82. The van der Waals surface area contributed by atoms with E-state index in [1.807, 2.05) is 30.1 Å². The number of anilines is 2. The maximum Gasteiger partial charge on any atom is 0.272 e. The first-order valence-corrected chi connectivity index (χ1v) is 6.44. The maximum absolute atomic E-state index is 12.0. The zero-order valence-electron chi connectivity index (χ0n) is 12.2. The van der Waals surface area contributed by atoms with E-state index in [1.165, 1.54) is 4.90 Å². The predicted octanol–water partition coefficient (Wildman–Crippen LogP) is 2.42. The van der Waals surface area contributed by atoms with Crippen LogP contribution in [0.4, 0.5) is 11.4 Å². The Morgan fingerprint density at radius 3 is 2.52 bits per heavy atom. The number of nitrogens with zero attached hydrogens (tertiary/aromatic N) is 4. The average Bonchev–Trinajstić information content (AvgIpc) is 2.53. The molecule has 1 heterocycles. The topological polar surface area (TPSA) is 60.2 Å². The van der Waals surface area contributed by atoms with Crippen LogP contribution < -0.4 is 4.90 Å². The summed E-state index contributed by atoms with van der Waals surface area (Å²) in [5.74, 6) is -0.143. The number of carbonyl (C=O) groups excluding carboxylic acids is 1. The van der Waals surface area contributed by atoms with E-state index in [2.05, 4.69) is 11.1 Å². The van der Waals surface area contributed by atoms with Crippen molar-refractivity contribution in [1.29, 1.82) is 5.26 Å². The summed E-state index contributed by atoms with van der Waals surface area (Å²) in [7, 11) is 5.27. The molecule has 0 spiro atoms. The number of nitriles is 1. The van der Waals surface area contributed by atoms with E-state index in [-0.39, 0.29) is 5.91 Å². The monoisotopic (exact) mass is 280 g/mol. The quantitative estimate of drug-likeness (QED) is 0.866. The molecule has 1 aromatic carbocycles. The highest BCUT2D eigenvalue weighted by Gasteiger charge is 2.12. The Hall–Kier alpha value is -2.87. The molecule has 5 nitrogen and oxygen atoms in total. The van der Waals surface area contributed by atoms with Gasteiger partial charge in [0.2, 0.25) is 0 Å². The highest BCUT2D eigenvalue weighted by atomic mass is 16.2. The van der Waals surface area contributed by atoms with Crippen molar-refractivity contribution in [2.45, 2.75) is 0 Å². The van der Waals surface area contributed by atoms with Crippen LogP contribution in [0.2, 0.25) is 0 Å². The SMILES string of the molecule is CN(C)C(=O)c1cc(N(C)c2cccc(C#N)c2)ccn1. The van der Waals surface area contributed by atoms with Crippen LogP contribution in [0.5, 0.6) is 0 Å². The molecule has 21 heavy (non-hydrogen) atoms. The zero-order chi connectivity index (χ0) is 15.4. The van der Waals surface area contributed by atoms with Gasteiger partial charge >= 0.3 is 0 Å². The second-order valence-corrected chi connectivity index (χ2v) is 4.82. The summed E-state index contributed by atoms with van der Waals surface area (Å²) in [6.45, 7) is 0. The minimum Gasteiger partial charge on any atom is -0.344 e. The molecule has 0 radical (unpaired) electrons. The third-order valence-corrected chi connectivity index (χ3v) is 3.12. The van der Waals surface area contributed by atoms with Crippen molar-refractivity contribution in [2.75, 3.05) is 26.0 Å². The minimum absolute atomic E-state index is 0.143. The van der Waals surface area contributed by atoms with E-state index in [0.29, 0.717) is 11.3 Å². The van der Waals surface area contributed by atoms with Gasteiger partial charge in [-0.15, -0.1) is 0 Å². The summed E-state index contributed by atoms with van der Waals surface area (Å²) >= 11 is 0. The molecule has 0 aliphatic carbocycles. The summed E-state index contributed by atoms with van der Waals surface area (Å²) in [6, 6.07) is 13.0. The highest BCUT2D eigenvalue weighted by molar-refractivity contribution is 5.93. The predicted molar refractivity (Wildman–Crippen MR) is 81.5 cm³/mol. The third kappa shape index (κ3) is 3.18. The summed E-state index contributed by atoms with van der Waals surface area (Å²) in [5.41, 5.74) is 2.70. The van der Waals surface area contributed by atoms with Gasteiger partial charge in [0.15, 0.2) is 0 Å². The molecule has 1 amide bonds. The van der Waals surface area contributed by atoms with Crippen LogP contribution >= 0.6 is 0 Å². The molecule has 1 aromatic heterocycles. The molecular weight excluding hydrogens is 264 g/mol. The lowest BCUT2D eigenvalue weighted by Gasteiger charge is -2.20. The Labute approximate surface area is 124 Å². The molecule has 0 saturated heterocycles. The fourth-order valence-corrected chi connectivity index (χ4v) is 1.91. The Balaban J connectivity index is 2.35. The summed E-state index contributed by atoms with van der Waals surface area (Å²) < 4.78 is 0. The maximum atomic E-state index is 12.0. The number of aromatic nitrogens is 1. The fraction of sp³-hybridized carbons (Fsp3) is 0.188. The van der Waals surface area contributed by atoms with Crippen molar-refractivity contribution >= 4 is 17.3 Å². The van der Waals surface area contributed by atoms with Gasteiger partial charge in [-0.1, -0.05) is 6.07 Å². The number of rotatable bonds is 3. The number of hydrogen-bond acceptors (Lipinski definition) is 4. The Kier molecular flexibility index (Phi) is 4.19. The first kappa shape index (κ1) is 14.5. The van der Waals surface area contributed by atoms with E-state index in [4.69, 9.17) is 5.26 Å². The van der Waals surface area contributed by atoms with Crippen LogP contribution in [0.1, 0.15) is 16.1 Å². The lowest BCUT2D eigenvalue weighted by atomic mass is 10.2. The molecule has 0 aliphatic rings. The average molecular weight is 280 g/mol. The largest absolute Gasteiger partial charge is 0.344 e. The van der Waals surface area contributed by atoms with E-state index < -0.39 is 0 Å². The van der Waals surface area contributed by atoms with Gasteiger partial charge in [-0.05, 0) is 30.3 Å². The smallest absolute Gasteiger partial charge is 0.272 e. The minimum atomic E-state index is -0.143. The first-order chi connectivity index (χ1) is 10.0. The molecule has 0 atom stereocenters. The fourth-order valence-electron chi connectivity index (χ4n) is 1.91. The van der Waals surface area contributed by atoms with Crippen LogP contribution in [-0.2, 0) is 0 Å². The number of hydrogen-bond donors (Lipinski definition) is 0. The van der Waals surface area contributed by atoms with Crippen molar-refractivity contribution < 1.29 is 4.79 Å². The van der Waals surface area contributed by atoms with Crippen molar-refractivity contribution in [2.24, 2.45) is 0 Å². The van der Waals surface area contributed by atoms with Crippen molar-refractivity contribution in [1.82, 2.24) is 9.88 Å². The molecule has 5 heteroatoms. The van der Waals surface area contributed by atoms with Gasteiger partial charge in [0.25, 0.3) is 5.91 Å². The van der Waals surface area contributed by atoms with Crippen molar-refractivity contribution in [3.63, 3.8) is 0 Å². The van der Waals surface area contributed by atoms with Crippen LogP contribution in [0.3, 0.4) is 0 Å². The molecule has 0 aliphatic heterocycles. The first-order valence-electron chi connectivity index (χ1n) is 6.44. The van der Waals surface area contributed by atoms with Crippen molar-refractivity contribution in [3.8, 4) is 6.07 Å². The van der Waals surface area contributed by atoms with Gasteiger partial charge in [0.05, 0.1) is 11.6 Å². The van der Waals surface area contributed by atoms with Crippen molar-refractivity contribution in [3.05, 3.63) is 53.9 Å². The summed E-state index contributed by atoms with van der Waals surface area (Å²) in [5, 5.41) is 8.96. The molecule has 0 saturated carbocycles. The van der Waals surface area contributed by atoms with Crippen LogP contribution in [-0.4, -0.2) is 36.9 Å². The van der Waals surface area contributed by atoms with E-state index >= 15 is 0 Å². The Morgan fingerprint density at radius 2 is 1.86 bits per heavy atom. The van der Waals surface area contributed by atoms with Gasteiger partial charge in [0.1, 0.15) is 5.69 Å². The standard InChI is InChI=1S/C16H16N4O/c1-19(2)16(21)15-10-14(7-8-18-15)20(3)13-6-4-5-12(9-13)11-17/h4-10H,1-3H3. The molecule has 0 bridgehead atoms. The summed E-state index contributed by atoms with van der Waals surface area (Å²) in [4.78, 5) is 19.5. The van der Waals surface area contributed by atoms with Gasteiger partial charge in [-0.3, -0.25) is 9.78 Å². The van der Waals surface area contributed by atoms with E-state index in [9.17, 15) is 4.79 Å². The van der Waals surface area contributed by atoms with E-state index in [1.54, 1.807) is 38.5 Å². The number of amides is 1. The normalized spacial score (nSPS) is 9.81. The van der Waals surface area contributed by atoms with E-state index in [0.717, 1.165) is 11.4 Å². The van der Waals surface area contributed by atoms with Crippen LogP contribution in [0, 0.1) is 11.3 Å².